The average molecular weight is 424 g/mol. The maximum absolute atomic E-state index is 14.3. The Balaban J connectivity index is 1.82. The van der Waals surface area contributed by atoms with Crippen LogP contribution in [0.1, 0.15) is 27.9 Å². The summed E-state index contributed by atoms with van der Waals surface area (Å²) in [6, 6.07) is 4.87. The summed E-state index contributed by atoms with van der Waals surface area (Å²) in [5.74, 6) is -2.62. The normalized spacial score (nSPS) is 14.4. The van der Waals surface area contributed by atoms with Crippen molar-refractivity contribution in [2.45, 2.75) is 19.3 Å². The Morgan fingerprint density at radius 1 is 1.21 bits per heavy atom. The van der Waals surface area contributed by atoms with Gasteiger partial charge in [0.05, 0.1) is 10.7 Å². The number of fused-ring (bicyclic) bond motifs is 1. The minimum atomic E-state index is -1.11. The second kappa shape index (κ2) is 8.97. The Kier molecular flexibility index (Phi) is 6.59. The van der Waals surface area contributed by atoms with Gasteiger partial charge < -0.3 is 10.2 Å². The quantitative estimate of drug-likeness (QED) is 0.526. The third-order valence-corrected chi connectivity index (χ3v) is 4.95. The first kappa shape index (κ1) is 21.3. The Bertz CT molecular complexity index is 976. The molecule has 2 aromatic carbocycles. The van der Waals surface area contributed by atoms with Gasteiger partial charge >= 0.3 is 0 Å². The summed E-state index contributed by atoms with van der Waals surface area (Å²) in [7, 11) is 3.92. The van der Waals surface area contributed by atoms with Crippen molar-refractivity contribution < 1.29 is 18.0 Å². The van der Waals surface area contributed by atoms with Crippen molar-refractivity contribution in [2.24, 2.45) is 4.99 Å². The molecule has 0 bridgehead atoms. The highest BCUT2D eigenvalue weighted by atomic mass is 35.5. The van der Waals surface area contributed by atoms with E-state index >= 15 is 0 Å². The molecule has 8 heteroatoms. The number of aliphatic imine (C=N–C) groups is 1. The molecular formula is C21H21ClF3N3O. The van der Waals surface area contributed by atoms with E-state index in [1.807, 2.05) is 19.0 Å². The van der Waals surface area contributed by atoms with Crippen molar-refractivity contribution in [3.63, 3.8) is 0 Å². The molecule has 1 aliphatic heterocycles. The van der Waals surface area contributed by atoms with Crippen LogP contribution in [-0.4, -0.2) is 43.7 Å². The minimum Gasteiger partial charge on any atom is -0.341 e. The molecule has 0 saturated carbocycles. The predicted molar refractivity (Wildman–Crippen MR) is 109 cm³/mol. The van der Waals surface area contributed by atoms with Crippen molar-refractivity contribution in [3.8, 4) is 0 Å². The number of nitrogens with zero attached hydrogens (tertiary/aromatic N) is 2. The summed E-state index contributed by atoms with van der Waals surface area (Å²) in [6.45, 7) is 1.40. The Labute approximate surface area is 172 Å². The lowest BCUT2D eigenvalue weighted by Gasteiger charge is -2.09. The fourth-order valence-corrected chi connectivity index (χ4v) is 3.41. The van der Waals surface area contributed by atoms with Gasteiger partial charge in [0, 0.05) is 24.9 Å². The first-order valence-electron chi connectivity index (χ1n) is 9.19. The number of carbonyl (C=O) groups is 1. The van der Waals surface area contributed by atoms with E-state index < -0.39 is 23.2 Å². The van der Waals surface area contributed by atoms with Gasteiger partial charge in [0.15, 0.2) is 17.4 Å². The number of nitrogens with one attached hydrogen (secondary N) is 1. The van der Waals surface area contributed by atoms with E-state index in [1.165, 1.54) is 18.2 Å². The molecule has 4 nitrogen and oxygen atoms in total. The molecule has 154 valence electrons. The zero-order valence-electron chi connectivity index (χ0n) is 16.2. The summed E-state index contributed by atoms with van der Waals surface area (Å²) in [5.41, 5.74) is 0.916. The number of benzene rings is 2. The number of carbonyl (C=O) groups excluding carboxylic acids is 1. The zero-order valence-corrected chi connectivity index (χ0v) is 16.9. The Morgan fingerprint density at radius 3 is 2.66 bits per heavy atom. The van der Waals surface area contributed by atoms with Crippen molar-refractivity contribution in [1.29, 1.82) is 0 Å². The first-order chi connectivity index (χ1) is 13.8. The van der Waals surface area contributed by atoms with Crippen LogP contribution in [0.5, 0.6) is 0 Å². The van der Waals surface area contributed by atoms with Gasteiger partial charge in [0.25, 0.3) is 0 Å². The number of halogens is 4. The number of Topliss-reactive ketones (excluding diaryl/α,β-unsaturated/α-hetero) is 1. The number of amidine groups is 1. The molecule has 2 aromatic rings. The zero-order chi connectivity index (χ0) is 21.1. The highest BCUT2D eigenvalue weighted by Gasteiger charge is 2.28. The third-order valence-electron chi connectivity index (χ3n) is 4.66. The summed E-state index contributed by atoms with van der Waals surface area (Å²) in [6.07, 6.45) is 0.940. The van der Waals surface area contributed by atoms with E-state index in [1.54, 1.807) is 0 Å². The summed E-state index contributed by atoms with van der Waals surface area (Å²) < 4.78 is 41.7. The van der Waals surface area contributed by atoms with Crippen molar-refractivity contribution >= 4 is 28.9 Å². The summed E-state index contributed by atoms with van der Waals surface area (Å²) in [4.78, 5) is 19.2. The monoisotopic (exact) mass is 423 g/mol. The molecule has 0 aromatic heterocycles. The van der Waals surface area contributed by atoms with E-state index in [0.29, 0.717) is 23.5 Å². The highest BCUT2D eigenvalue weighted by Crippen LogP contribution is 2.32. The summed E-state index contributed by atoms with van der Waals surface area (Å²) >= 11 is 5.76. The molecule has 1 heterocycles. The van der Waals surface area contributed by atoms with E-state index in [9.17, 15) is 18.0 Å². The Hall–Kier alpha value is -2.38. The van der Waals surface area contributed by atoms with Crippen LogP contribution in [-0.2, 0) is 12.8 Å². The second-order valence-corrected chi connectivity index (χ2v) is 7.62. The van der Waals surface area contributed by atoms with Crippen molar-refractivity contribution in [3.05, 3.63) is 63.4 Å². The minimum absolute atomic E-state index is 0.0446. The van der Waals surface area contributed by atoms with E-state index in [0.717, 1.165) is 19.0 Å². The van der Waals surface area contributed by atoms with Crippen LogP contribution in [0, 0.1) is 17.5 Å². The van der Waals surface area contributed by atoms with Gasteiger partial charge in [0.2, 0.25) is 0 Å². The lowest BCUT2D eigenvalue weighted by molar-refractivity contribution is 0.0992. The number of anilines is 1. The first-order valence-corrected chi connectivity index (χ1v) is 9.57. The number of hydrogen-bond acceptors (Lipinski definition) is 3. The fourth-order valence-electron chi connectivity index (χ4n) is 3.21. The lowest BCUT2D eigenvalue weighted by Crippen LogP contribution is -2.15. The van der Waals surface area contributed by atoms with Gasteiger partial charge in [-0.3, -0.25) is 9.79 Å². The molecule has 0 aliphatic carbocycles. The van der Waals surface area contributed by atoms with E-state index in [-0.39, 0.29) is 29.1 Å². The maximum Gasteiger partial charge on any atom is 0.182 e. The highest BCUT2D eigenvalue weighted by molar-refractivity contribution is 6.30. The molecular weight excluding hydrogens is 403 g/mol. The van der Waals surface area contributed by atoms with Crippen molar-refractivity contribution in [2.75, 3.05) is 32.5 Å². The van der Waals surface area contributed by atoms with E-state index in [2.05, 4.69) is 10.3 Å². The van der Waals surface area contributed by atoms with Gasteiger partial charge in [-0.15, -0.1) is 0 Å². The van der Waals surface area contributed by atoms with E-state index in [4.69, 9.17) is 11.6 Å². The standard InChI is InChI=1S/C21H21ClF3N3O/c1-28(2)7-3-6-26-19-11-14-13(10-17(24)20(25)21(14)27-19)18(29)9-12-4-5-16(23)15(22)8-12/h4-5,8,10H,3,6-7,9,11H2,1-2H3,(H,26,27). The lowest BCUT2D eigenvalue weighted by atomic mass is 9.96. The second-order valence-electron chi connectivity index (χ2n) is 7.21. The molecule has 0 unspecified atom stereocenters. The SMILES string of the molecule is CN(C)CCCN=C1Cc2c(C(=O)Cc3ccc(F)c(Cl)c3)cc(F)c(F)c2N1. The molecule has 1 N–H and O–H groups in total. The fraction of sp³-hybridized carbons (Fsp3) is 0.333. The maximum atomic E-state index is 14.3. The third kappa shape index (κ3) is 4.97. The Morgan fingerprint density at radius 2 is 1.97 bits per heavy atom. The molecule has 29 heavy (non-hydrogen) atoms. The molecule has 3 rings (SSSR count). The van der Waals surface area contributed by atoms with Gasteiger partial charge in [-0.2, -0.15) is 0 Å². The molecule has 0 saturated heterocycles. The molecule has 0 amide bonds. The van der Waals surface area contributed by atoms with Gasteiger partial charge in [-0.25, -0.2) is 13.2 Å². The molecule has 0 fully saturated rings. The topological polar surface area (TPSA) is 44.7 Å². The largest absolute Gasteiger partial charge is 0.341 e. The molecule has 0 radical (unpaired) electrons. The van der Waals surface area contributed by atoms with Crippen LogP contribution in [0.2, 0.25) is 5.02 Å². The van der Waals surface area contributed by atoms with Gasteiger partial charge in [-0.05, 0) is 56.4 Å². The van der Waals surface area contributed by atoms with Crippen LogP contribution in [0.4, 0.5) is 18.9 Å². The van der Waals surface area contributed by atoms with Gasteiger partial charge in [-0.1, -0.05) is 17.7 Å². The van der Waals surface area contributed by atoms with Crippen LogP contribution >= 0.6 is 11.6 Å². The van der Waals surface area contributed by atoms with Crippen LogP contribution < -0.4 is 5.32 Å². The molecule has 1 aliphatic rings. The number of rotatable bonds is 7. The van der Waals surface area contributed by atoms with Gasteiger partial charge in [0.1, 0.15) is 11.7 Å². The molecule has 0 atom stereocenters. The van der Waals surface area contributed by atoms with Crippen LogP contribution in [0.3, 0.4) is 0 Å². The van der Waals surface area contributed by atoms with Crippen LogP contribution in [0.25, 0.3) is 0 Å². The predicted octanol–water partition coefficient (Wildman–Crippen LogP) is 4.50. The average Bonchev–Trinajstić information content (AvgIpc) is 3.09. The summed E-state index contributed by atoms with van der Waals surface area (Å²) in [5, 5.41) is 2.71. The number of ketones is 1. The van der Waals surface area contributed by atoms with Crippen molar-refractivity contribution in [1.82, 2.24) is 4.90 Å². The smallest absolute Gasteiger partial charge is 0.182 e. The van der Waals surface area contributed by atoms with Crippen LogP contribution in [0.15, 0.2) is 29.3 Å². The molecule has 0 spiro atoms. The number of hydrogen-bond donors (Lipinski definition) is 1.